The molecule has 0 radical (unpaired) electrons. The molecule has 2 N–H and O–H groups in total. The summed E-state index contributed by atoms with van der Waals surface area (Å²) in [6, 6.07) is 3.04. The van der Waals surface area contributed by atoms with E-state index in [0.717, 1.165) is 6.42 Å². The molecule has 0 saturated carbocycles. The number of rotatable bonds is 3. The molecule has 6 heteroatoms. The maximum atomic E-state index is 5.74. The van der Waals surface area contributed by atoms with Gasteiger partial charge in [0.2, 0.25) is 5.89 Å². The highest BCUT2D eigenvalue weighted by atomic mass is 35.5. The molecule has 2 aromatic heterocycles. The molecular formula is C9H10ClN3O2. The minimum Gasteiger partial charge on any atom is -0.440 e. The van der Waals surface area contributed by atoms with Crippen LogP contribution in [0.25, 0.3) is 11.7 Å². The Hall–Kier alpha value is -1.33. The van der Waals surface area contributed by atoms with Gasteiger partial charge in [-0.1, -0.05) is 6.92 Å². The molecule has 15 heavy (non-hydrogen) atoms. The predicted molar refractivity (Wildman–Crippen MR) is 54.2 cm³/mol. The number of hydrogen-bond donors (Lipinski definition) is 1. The number of hydrogen-bond acceptors (Lipinski definition) is 5. The molecule has 2 rings (SSSR count). The van der Waals surface area contributed by atoms with Crippen molar-refractivity contribution in [1.29, 1.82) is 0 Å². The number of aromatic nitrogens is 2. The van der Waals surface area contributed by atoms with Gasteiger partial charge in [-0.25, -0.2) is 0 Å². The largest absolute Gasteiger partial charge is 0.440 e. The van der Waals surface area contributed by atoms with Gasteiger partial charge in [0.05, 0.1) is 6.04 Å². The van der Waals surface area contributed by atoms with Crippen LogP contribution >= 0.6 is 11.6 Å². The summed E-state index contributed by atoms with van der Waals surface area (Å²) in [6.45, 7) is 1.94. The Morgan fingerprint density at radius 3 is 2.80 bits per heavy atom. The standard InChI is InChI=1S/C9H10ClN3O2/c1-2-5(11)8-12-13-9(15-8)6-3-4-7(10)14-6/h3-5H,2,11H2,1H3. The van der Waals surface area contributed by atoms with Crippen LogP contribution in [0.4, 0.5) is 0 Å². The molecule has 0 aliphatic heterocycles. The molecule has 0 spiro atoms. The second-order valence-corrected chi connectivity index (χ2v) is 3.44. The Kier molecular flexibility index (Phi) is 2.75. The second kappa shape index (κ2) is 4.04. The molecule has 0 aliphatic carbocycles. The van der Waals surface area contributed by atoms with Gasteiger partial charge in [0.15, 0.2) is 11.0 Å². The van der Waals surface area contributed by atoms with Crippen molar-refractivity contribution in [2.24, 2.45) is 5.73 Å². The highest BCUT2D eigenvalue weighted by Crippen LogP contribution is 2.24. The van der Waals surface area contributed by atoms with Crippen LogP contribution in [0.5, 0.6) is 0 Å². The van der Waals surface area contributed by atoms with E-state index in [-0.39, 0.29) is 11.3 Å². The molecule has 5 nitrogen and oxygen atoms in total. The third-order valence-electron chi connectivity index (χ3n) is 1.98. The zero-order valence-corrected chi connectivity index (χ0v) is 8.86. The zero-order chi connectivity index (χ0) is 10.8. The van der Waals surface area contributed by atoms with Crippen LogP contribution in [0.3, 0.4) is 0 Å². The molecule has 0 saturated heterocycles. The van der Waals surface area contributed by atoms with Crippen LogP contribution in [-0.4, -0.2) is 10.2 Å². The lowest BCUT2D eigenvalue weighted by Crippen LogP contribution is -2.08. The van der Waals surface area contributed by atoms with Crippen LogP contribution in [0.15, 0.2) is 21.0 Å². The first kappa shape index (κ1) is 10.2. The van der Waals surface area contributed by atoms with Crippen LogP contribution < -0.4 is 5.73 Å². The van der Waals surface area contributed by atoms with Crippen molar-refractivity contribution in [3.63, 3.8) is 0 Å². The first-order valence-corrected chi connectivity index (χ1v) is 4.93. The van der Waals surface area contributed by atoms with E-state index in [1.807, 2.05) is 6.92 Å². The fraction of sp³-hybridized carbons (Fsp3) is 0.333. The minimum atomic E-state index is -0.239. The highest BCUT2D eigenvalue weighted by Gasteiger charge is 2.15. The molecular weight excluding hydrogens is 218 g/mol. The average Bonchev–Trinajstić information content (AvgIpc) is 2.84. The van der Waals surface area contributed by atoms with Gasteiger partial charge in [-0.2, -0.15) is 0 Å². The average molecular weight is 228 g/mol. The topological polar surface area (TPSA) is 78.1 Å². The molecule has 2 heterocycles. The van der Waals surface area contributed by atoms with E-state index in [1.54, 1.807) is 12.1 Å². The Labute approximate surface area is 91.2 Å². The fourth-order valence-corrected chi connectivity index (χ4v) is 1.23. The summed E-state index contributed by atoms with van der Waals surface area (Å²) in [5.41, 5.74) is 5.74. The zero-order valence-electron chi connectivity index (χ0n) is 8.11. The van der Waals surface area contributed by atoms with Gasteiger partial charge in [0, 0.05) is 0 Å². The summed E-state index contributed by atoms with van der Waals surface area (Å²) >= 11 is 5.63. The van der Waals surface area contributed by atoms with Gasteiger partial charge in [-0.15, -0.1) is 10.2 Å². The van der Waals surface area contributed by atoms with Crippen LogP contribution in [0.2, 0.25) is 5.22 Å². The van der Waals surface area contributed by atoms with Crippen molar-refractivity contribution >= 4 is 11.6 Å². The van der Waals surface area contributed by atoms with E-state index in [0.29, 0.717) is 17.5 Å². The lowest BCUT2D eigenvalue weighted by Gasteiger charge is -1.99. The van der Waals surface area contributed by atoms with Crippen molar-refractivity contribution in [3.05, 3.63) is 23.2 Å². The maximum absolute atomic E-state index is 5.74. The van der Waals surface area contributed by atoms with Gasteiger partial charge in [0.25, 0.3) is 5.89 Å². The predicted octanol–water partition coefficient (Wildman–Crippen LogP) is 2.39. The molecule has 1 atom stereocenters. The summed E-state index contributed by atoms with van der Waals surface area (Å²) in [6.07, 6.45) is 0.737. The van der Waals surface area contributed by atoms with Crippen molar-refractivity contribution < 1.29 is 8.83 Å². The third-order valence-corrected chi connectivity index (χ3v) is 2.18. The lowest BCUT2D eigenvalue weighted by molar-refractivity contribution is 0.440. The van der Waals surface area contributed by atoms with Crippen molar-refractivity contribution in [1.82, 2.24) is 10.2 Å². The first-order valence-electron chi connectivity index (χ1n) is 4.55. The molecule has 0 bridgehead atoms. The third kappa shape index (κ3) is 2.03. The van der Waals surface area contributed by atoms with E-state index in [4.69, 9.17) is 26.2 Å². The van der Waals surface area contributed by atoms with Gasteiger partial charge in [-0.05, 0) is 30.2 Å². The normalized spacial score (nSPS) is 13.0. The molecule has 0 aromatic carbocycles. The molecule has 0 aliphatic rings. The second-order valence-electron chi connectivity index (χ2n) is 3.06. The smallest absolute Gasteiger partial charge is 0.283 e. The van der Waals surface area contributed by atoms with E-state index in [9.17, 15) is 0 Å². The van der Waals surface area contributed by atoms with E-state index in [2.05, 4.69) is 10.2 Å². The van der Waals surface area contributed by atoms with Crippen molar-refractivity contribution in [3.8, 4) is 11.7 Å². The summed E-state index contributed by atoms with van der Waals surface area (Å²) in [5, 5.41) is 7.93. The Bertz CT molecular complexity index is 452. The van der Waals surface area contributed by atoms with Crippen LogP contribution in [-0.2, 0) is 0 Å². The molecule has 2 aromatic rings. The molecule has 0 fully saturated rings. The summed E-state index contributed by atoms with van der Waals surface area (Å²) in [7, 11) is 0. The summed E-state index contributed by atoms with van der Waals surface area (Å²) in [4.78, 5) is 0. The van der Waals surface area contributed by atoms with E-state index >= 15 is 0 Å². The number of halogens is 1. The summed E-state index contributed by atoms with van der Waals surface area (Å²) in [5.74, 6) is 1.14. The first-order chi connectivity index (χ1) is 7.20. The quantitative estimate of drug-likeness (QED) is 0.871. The van der Waals surface area contributed by atoms with Gasteiger partial charge in [0.1, 0.15) is 0 Å². The maximum Gasteiger partial charge on any atom is 0.283 e. The Balaban J connectivity index is 2.27. The Morgan fingerprint density at radius 2 is 2.20 bits per heavy atom. The van der Waals surface area contributed by atoms with Gasteiger partial charge >= 0.3 is 0 Å². The van der Waals surface area contributed by atoms with Crippen molar-refractivity contribution in [2.45, 2.75) is 19.4 Å². The molecule has 1 unspecified atom stereocenters. The van der Waals surface area contributed by atoms with Crippen LogP contribution in [0, 0.1) is 0 Å². The highest BCUT2D eigenvalue weighted by molar-refractivity contribution is 6.28. The van der Waals surface area contributed by atoms with E-state index < -0.39 is 0 Å². The van der Waals surface area contributed by atoms with Crippen molar-refractivity contribution in [2.75, 3.05) is 0 Å². The van der Waals surface area contributed by atoms with Gasteiger partial charge in [-0.3, -0.25) is 0 Å². The SMILES string of the molecule is CCC(N)c1nnc(-c2ccc(Cl)o2)o1. The molecule has 80 valence electrons. The van der Waals surface area contributed by atoms with Crippen LogP contribution in [0.1, 0.15) is 25.3 Å². The minimum absolute atomic E-state index is 0.239. The monoisotopic (exact) mass is 227 g/mol. The Morgan fingerprint density at radius 1 is 1.40 bits per heavy atom. The number of nitrogens with zero attached hydrogens (tertiary/aromatic N) is 2. The fourth-order valence-electron chi connectivity index (χ4n) is 1.09. The molecule has 0 amide bonds. The lowest BCUT2D eigenvalue weighted by atomic mass is 10.2. The summed E-state index contributed by atoms with van der Waals surface area (Å²) < 4.78 is 10.5. The van der Waals surface area contributed by atoms with Gasteiger partial charge < -0.3 is 14.6 Å². The number of furan rings is 1. The van der Waals surface area contributed by atoms with E-state index in [1.165, 1.54) is 0 Å². The number of nitrogens with two attached hydrogens (primary N) is 1.